The van der Waals surface area contributed by atoms with Gasteiger partial charge >= 0.3 is 0 Å². The molecular weight excluding hydrogens is 258 g/mol. The monoisotopic (exact) mass is 273 g/mol. The summed E-state index contributed by atoms with van der Waals surface area (Å²) in [6.45, 7) is 0.778. The number of carbonyl (C=O) groups is 1. The van der Waals surface area contributed by atoms with Crippen molar-refractivity contribution in [1.29, 1.82) is 0 Å². The minimum Gasteiger partial charge on any atom is -0.497 e. The lowest BCUT2D eigenvalue weighted by atomic mass is 10.3. The van der Waals surface area contributed by atoms with Gasteiger partial charge in [0, 0.05) is 13.2 Å². The molecule has 100 valence electrons. The van der Waals surface area contributed by atoms with E-state index in [2.05, 4.69) is 5.32 Å². The predicted molar refractivity (Wildman–Crippen MR) is 69.3 cm³/mol. The molecule has 1 aromatic rings. The van der Waals surface area contributed by atoms with E-state index in [4.69, 9.17) is 25.8 Å². The van der Waals surface area contributed by atoms with Crippen molar-refractivity contribution >= 4 is 23.2 Å². The van der Waals surface area contributed by atoms with Gasteiger partial charge in [-0.05, 0) is 12.1 Å². The van der Waals surface area contributed by atoms with Crippen molar-refractivity contribution in [2.45, 2.75) is 0 Å². The first-order valence-electron chi connectivity index (χ1n) is 5.37. The van der Waals surface area contributed by atoms with Crippen LogP contribution in [0.3, 0.4) is 0 Å². The summed E-state index contributed by atoms with van der Waals surface area (Å²) in [6.07, 6.45) is 0. The van der Waals surface area contributed by atoms with Gasteiger partial charge in [-0.15, -0.1) is 0 Å². The summed E-state index contributed by atoms with van der Waals surface area (Å²) >= 11 is 5.95. The lowest BCUT2D eigenvalue weighted by molar-refractivity contribution is -0.121. The molecule has 1 aromatic carbocycles. The molecule has 0 aromatic heterocycles. The molecule has 0 saturated heterocycles. The molecule has 0 saturated carbocycles. The van der Waals surface area contributed by atoms with E-state index in [1.807, 2.05) is 0 Å². The van der Waals surface area contributed by atoms with Gasteiger partial charge in [-0.3, -0.25) is 4.79 Å². The molecule has 0 atom stereocenters. The summed E-state index contributed by atoms with van der Waals surface area (Å²) in [5.74, 6) is 0.344. The molecule has 0 fully saturated rings. The molecule has 0 heterocycles. The summed E-state index contributed by atoms with van der Waals surface area (Å²) in [5.41, 5.74) is 0.497. The number of benzene rings is 1. The summed E-state index contributed by atoms with van der Waals surface area (Å²) in [5, 5.41) is 3.09. The Hall–Kier alpha value is -1.30. The van der Waals surface area contributed by atoms with Gasteiger partial charge in [0.05, 0.1) is 31.0 Å². The molecule has 1 amide bonds. The molecule has 6 heteroatoms. The highest BCUT2D eigenvalue weighted by molar-refractivity contribution is 6.33. The van der Waals surface area contributed by atoms with Crippen LogP contribution < -0.4 is 10.1 Å². The lowest BCUT2D eigenvalue weighted by Crippen LogP contribution is -2.19. The lowest BCUT2D eigenvalue weighted by Gasteiger charge is -2.09. The second-order valence-electron chi connectivity index (χ2n) is 3.44. The van der Waals surface area contributed by atoms with E-state index in [0.717, 1.165) is 0 Å². The fraction of sp³-hybridized carbons (Fsp3) is 0.417. The van der Waals surface area contributed by atoms with Crippen molar-refractivity contribution in [2.75, 3.05) is 39.4 Å². The van der Waals surface area contributed by atoms with E-state index in [9.17, 15) is 4.79 Å². The van der Waals surface area contributed by atoms with E-state index in [1.54, 1.807) is 32.4 Å². The van der Waals surface area contributed by atoms with Gasteiger partial charge < -0.3 is 19.5 Å². The normalized spacial score (nSPS) is 10.2. The first kappa shape index (κ1) is 14.8. The van der Waals surface area contributed by atoms with Gasteiger partial charge in [0.25, 0.3) is 0 Å². The Balaban J connectivity index is 2.48. The Morgan fingerprint density at radius 3 is 2.78 bits per heavy atom. The van der Waals surface area contributed by atoms with Crippen LogP contribution in [-0.2, 0) is 14.3 Å². The van der Waals surface area contributed by atoms with E-state index in [-0.39, 0.29) is 12.5 Å². The molecule has 0 unspecified atom stereocenters. The maximum Gasteiger partial charge on any atom is 0.250 e. The molecule has 0 aliphatic heterocycles. The first-order valence-corrected chi connectivity index (χ1v) is 5.75. The molecule has 5 nitrogen and oxygen atoms in total. The highest BCUT2D eigenvalue weighted by Crippen LogP contribution is 2.26. The van der Waals surface area contributed by atoms with Gasteiger partial charge in [0.2, 0.25) is 5.91 Å². The van der Waals surface area contributed by atoms with Crippen LogP contribution in [0.15, 0.2) is 18.2 Å². The van der Waals surface area contributed by atoms with E-state index < -0.39 is 0 Å². The highest BCUT2D eigenvalue weighted by Gasteiger charge is 2.07. The Morgan fingerprint density at radius 2 is 2.11 bits per heavy atom. The van der Waals surface area contributed by atoms with Crippen molar-refractivity contribution < 1.29 is 19.0 Å². The third-order valence-electron chi connectivity index (χ3n) is 2.11. The topological polar surface area (TPSA) is 56.8 Å². The molecule has 18 heavy (non-hydrogen) atoms. The number of halogens is 1. The average Bonchev–Trinajstić information content (AvgIpc) is 2.37. The summed E-state index contributed by atoms with van der Waals surface area (Å²) < 4.78 is 14.9. The van der Waals surface area contributed by atoms with Gasteiger partial charge in [-0.2, -0.15) is 0 Å². The number of rotatable bonds is 7. The average molecular weight is 274 g/mol. The smallest absolute Gasteiger partial charge is 0.250 e. The van der Waals surface area contributed by atoms with Crippen molar-refractivity contribution in [3.8, 4) is 5.75 Å². The third kappa shape index (κ3) is 4.91. The highest BCUT2D eigenvalue weighted by atomic mass is 35.5. The number of anilines is 1. The summed E-state index contributed by atoms with van der Waals surface area (Å²) in [6, 6.07) is 5.02. The van der Waals surface area contributed by atoms with E-state index in [1.165, 1.54) is 0 Å². The van der Waals surface area contributed by atoms with Crippen LogP contribution in [-0.4, -0.2) is 39.9 Å². The van der Waals surface area contributed by atoms with Crippen LogP contribution in [0.1, 0.15) is 0 Å². The van der Waals surface area contributed by atoms with E-state index in [0.29, 0.717) is 29.7 Å². The zero-order valence-corrected chi connectivity index (χ0v) is 11.1. The largest absolute Gasteiger partial charge is 0.497 e. The number of methoxy groups -OCH3 is 2. The van der Waals surface area contributed by atoms with Crippen molar-refractivity contribution in [3.63, 3.8) is 0 Å². The second kappa shape index (κ2) is 7.92. The first-order chi connectivity index (χ1) is 8.67. The number of amides is 1. The van der Waals surface area contributed by atoms with Gasteiger partial charge in [0.1, 0.15) is 12.4 Å². The van der Waals surface area contributed by atoms with Crippen LogP contribution in [0, 0.1) is 0 Å². The minimum atomic E-state index is -0.277. The van der Waals surface area contributed by atoms with Crippen LogP contribution >= 0.6 is 11.6 Å². The fourth-order valence-corrected chi connectivity index (χ4v) is 1.39. The molecule has 0 aliphatic carbocycles. The van der Waals surface area contributed by atoms with Gasteiger partial charge in [-0.25, -0.2) is 0 Å². The number of carbonyl (C=O) groups excluding carboxylic acids is 1. The number of ether oxygens (including phenoxy) is 3. The maximum atomic E-state index is 11.6. The van der Waals surface area contributed by atoms with Crippen molar-refractivity contribution in [2.24, 2.45) is 0 Å². The Morgan fingerprint density at radius 1 is 1.33 bits per heavy atom. The molecule has 0 bridgehead atoms. The standard InChI is InChI=1S/C12H16ClNO4/c1-16-5-6-18-8-12(15)14-11-7-9(17-2)3-4-10(11)13/h3-4,7H,5-6,8H2,1-2H3,(H,14,15). The predicted octanol–water partition coefficient (Wildman–Crippen LogP) is 1.95. The second-order valence-corrected chi connectivity index (χ2v) is 3.85. The third-order valence-corrected chi connectivity index (χ3v) is 2.44. The Bertz CT molecular complexity index is 398. The molecule has 1 rings (SSSR count). The van der Waals surface area contributed by atoms with Gasteiger partial charge in [-0.1, -0.05) is 11.6 Å². The molecule has 1 N–H and O–H groups in total. The summed E-state index contributed by atoms with van der Waals surface area (Å²) in [4.78, 5) is 11.6. The van der Waals surface area contributed by atoms with Crippen LogP contribution in [0.4, 0.5) is 5.69 Å². The van der Waals surface area contributed by atoms with Gasteiger partial charge in [0.15, 0.2) is 0 Å². The fourth-order valence-electron chi connectivity index (χ4n) is 1.22. The molecule has 0 aliphatic rings. The SMILES string of the molecule is COCCOCC(=O)Nc1cc(OC)ccc1Cl. The number of nitrogens with one attached hydrogen (secondary N) is 1. The maximum absolute atomic E-state index is 11.6. The zero-order chi connectivity index (χ0) is 13.4. The number of hydrogen-bond donors (Lipinski definition) is 1. The minimum absolute atomic E-state index is 0.0447. The van der Waals surface area contributed by atoms with Crippen LogP contribution in [0.5, 0.6) is 5.75 Å². The number of hydrogen-bond acceptors (Lipinski definition) is 4. The zero-order valence-electron chi connectivity index (χ0n) is 10.4. The van der Waals surface area contributed by atoms with Crippen molar-refractivity contribution in [1.82, 2.24) is 0 Å². The van der Waals surface area contributed by atoms with Crippen LogP contribution in [0.25, 0.3) is 0 Å². The van der Waals surface area contributed by atoms with Crippen molar-refractivity contribution in [3.05, 3.63) is 23.2 Å². The van der Waals surface area contributed by atoms with Crippen LogP contribution in [0.2, 0.25) is 5.02 Å². The molecular formula is C12H16ClNO4. The molecule has 0 radical (unpaired) electrons. The molecule has 0 spiro atoms. The van der Waals surface area contributed by atoms with E-state index >= 15 is 0 Å². The Labute approximate surface area is 111 Å². The Kier molecular flexibility index (Phi) is 6.49. The summed E-state index contributed by atoms with van der Waals surface area (Å²) in [7, 11) is 3.11. The quantitative estimate of drug-likeness (QED) is 0.772.